The third-order valence-corrected chi connectivity index (χ3v) is 4.34. The fraction of sp³-hybridized carbons (Fsp3) is 0.261. The SMILES string of the molecule is CCCCCCOc1ccc(C(=O)NNC(=S)NC(=O)C=Cc2ccccc2)cc1. The van der Waals surface area contributed by atoms with Crippen LogP contribution in [0.1, 0.15) is 48.5 Å². The number of amides is 2. The zero-order valence-electron chi connectivity index (χ0n) is 17.0. The summed E-state index contributed by atoms with van der Waals surface area (Å²) in [7, 11) is 0. The van der Waals surface area contributed by atoms with Gasteiger partial charge in [-0.2, -0.15) is 0 Å². The molecule has 2 aromatic rings. The van der Waals surface area contributed by atoms with Gasteiger partial charge in [0.25, 0.3) is 5.91 Å². The molecule has 0 spiro atoms. The third kappa shape index (κ3) is 8.87. The van der Waals surface area contributed by atoms with Gasteiger partial charge >= 0.3 is 0 Å². The number of carbonyl (C=O) groups excluding carboxylic acids is 2. The number of hydrogen-bond acceptors (Lipinski definition) is 4. The van der Waals surface area contributed by atoms with Crippen LogP contribution in [0.2, 0.25) is 0 Å². The largest absolute Gasteiger partial charge is 0.494 e. The van der Waals surface area contributed by atoms with E-state index in [9.17, 15) is 9.59 Å². The van der Waals surface area contributed by atoms with Crippen LogP contribution in [0.15, 0.2) is 60.7 Å². The molecule has 0 heterocycles. The van der Waals surface area contributed by atoms with Gasteiger partial charge in [-0.25, -0.2) is 0 Å². The van der Waals surface area contributed by atoms with Crippen molar-refractivity contribution >= 4 is 35.2 Å². The molecule has 0 aliphatic heterocycles. The second-order valence-corrected chi connectivity index (χ2v) is 6.98. The lowest BCUT2D eigenvalue weighted by molar-refractivity contribution is -0.115. The van der Waals surface area contributed by atoms with Crippen molar-refractivity contribution in [3.05, 3.63) is 71.8 Å². The first-order valence-electron chi connectivity index (χ1n) is 9.96. The maximum atomic E-state index is 12.2. The Hall–Kier alpha value is -3.19. The van der Waals surface area contributed by atoms with Crippen LogP contribution in [-0.4, -0.2) is 23.5 Å². The van der Waals surface area contributed by atoms with E-state index < -0.39 is 5.91 Å². The monoisotopic (exact) mass is 425 g/mol. The molecule has 2 aromatic carbocycles. The summed E-state index contributed by atoms with van der Waals surface area (Å²) in [6, 6.07) is 16.3. The molecule has 30 heavy (non-hydrogen) atoms. The molecule has 0 aliphatic carbocycles. The van der Waals surface area contributed by atoms with Gasteiger partial charge in [-0.3, -0.25) is 25.8 Å². The maximum absolute atomic E-state index is 12.2. The van der Waals surface area contributed by atoms with Gasteiger partial charge in [-0.15, -0.1) is 0 Å². The molecule has 2 amide bonds. The molecule has 0 atom stereocenters. The van der Waals surface area contributed by atoms with Crippen molar-refractivity contribution in [1.29, 1.82) is 0 Å². The molecule has 2 rings (SSSR count). The molecule has 0 unspecified atom stereocenters. The Morgan fingerprint density at radius 3 is 2.40 bits per heavy atom. The van der Waals surface area contributed by atoms with Crippen LogP contribution in [0.4, 0.5) is 0 Å². The van der Waals surface area contributed by atoms with E-state index >= 15 is 0 Å². The van der Waals surface area contributed by atoms with Crippen molar-refractivity contribution in [2.24, 2.45) is 0 Å². The van der Waals surface area contributed by atoms with Crippen molar-refractivity contribution in [1.82, 2.24) is 16.2 Å². The van der Waals surface area contributed by atoms with E-state index in [4.69, 9.17) is 17.0 Å². The van der Waals surface area contributed by atoms with E-state index in [0.29, 0.717) is 12.2 Å². The predicted molar refractivity (Wildman–Crippen MR) is 123 cm³/mol. The zero-order valence-corrected chi connectivity index (χ0v) is 17.8. The van der Waals surface area contributed by atoms with Crippen molar-refractivity contribution in [3.8, 4) is 5.75 Å². The van der Waals surface area contributed by atoms with Crippen LogP contribution in [0.5, 0.6) is 5.75 Å². The normalized spacial score (nSPS) is 10.4. The molecule has 0 fully saturated rings. The van der Waals surface area contributed by atoms with Gasteiger partial charge in [-0.1, -0.05) is 56.5 Å². The summed E-state index contributed by atoms with van der Waals surface area (Å²) >= 11 is 5.02. The Kier molecular flexibility index (Phi) is 10.1. The van der Waals surface area contributed by atoms with Crippen molar-refractivity contribution in [2.45, 2.75) is 32.6 Å². The quantitative estimate of drug-likeness (QED) is 0.245. The number of hydrazine groups is 1. The van der Waals surface area contributed by atoms with E-state index in [1.807, 2.05) is 30.3 Å². The molecule has 7 heteroatoms. The smallest absolute Gasteiger partial charge is 0.269 e. The van der Waals surface area contributed by atoms with Gasteiger partial charge in [0.05, 0.1) is 6.61 Å². The topological polar surface area (TPSA) is 79.5 Å². The van der Waals surface area contributed by atoms with Crippen LogP contribution in [0.3, 0.4) is 0 Å². The van der Waals surface area contributed by atoms with Crippen molar-refractivity contribution < 1.29 is 14.3 Å². The van der Waals surface area contributed by atoms with Crippen molar-refractivity contribution in [3.63, 3.8) is 0 Å². The van der Waals surface area contributed by atoms with Gasteiger partial charge in [0, 0.05) is 11.6 Å². The van der Waals surface area contributed by atoms with E-state index in [1.54, 1.807) is 30.3 Å². The fourth-order valence-corrected chi connectivity index (χ4v) is 2.68. The highest BCUT2D eigenvalue weighted by Gasteiger charge is 2.07. The van der Waals surface area contributed by atoms with E-state index in [1.165, 1.54) is 18.9 Å². The lowest BCUT2D eigenvalue weighted by Crippen LogP contribution is -2.48. The standard InChI is InChI=1S/C23H27N3O3S/c1-2-3-4-8-17-29-20-14-12-19(13-15-20)22(28)25-26-23(30)24-21(27)16-11-18-9-6-5-7-10-18/h5-7,9-16H,2-4,8,17H2,1H3,(H,25,28)(H2,24,26,27,30). The minimum atomic E-state index is -0.397. The average Bonchev–Trinajstić information content (AvgIpc) is 2.77. The predicted octanol–water partition coefficient (Wildman–Crippen LogP) is 3.99. The summed E-state index contributed by atoms with van der Waals surface area (Å²) in [6.07, 6.45) is 7.61. The minimum absolute atomic E-state index is 0.00176. The van der Waals surface area contributed by atoms with Crippen LogP contribution in [0, 0.1) is 0 Å². The summed E-state index contributed by atoms with van der Waals surface area (Å²) < 4.78 is 5.66. The average molecular weight is 426 g/mol. The lowest BCUT2D eigenvalue weighted by Gasteiger charge is -2.10. The molecule has 158 valence electrons. The molecule has 0 radical (unpaired) electrons. The number of benzene rings is 2. The maximum Gasteiger partial charge on any atom is 0.269 e. The molecule has 0 saturated heterocycles. The van der Waals surface area contributed by atoms with Gasteiger partial charge in [-0.05, 0) is 54.5 Å². The summed E-state index contributed by atoms with van der Waals surface area (Å²) in [4.78, 5) is 24.1. The zero-order chi connectivity index (χ0) is 21.6. The van der Waals surface area contributed by atoms with Crippen LogP contribution < -0.4 is 20.9 Å². The van der Waals surface area contributed by atoms with E-state index in [0.717, 1.165) is 24.2 Å². The molecule has 6 nitrogen and oxygen atoms in total. The first kappa shape index (κ1) is 23.1. The number of rotatable bonds is 9. The number of hydrogen-bond donors (Lipinski definition) is 3. The first-order chi connectivity index (χ1) is 14.6. The highest BCUT2D eigenvalue weighted by molar-refractivity contribution is 7.80. The second kappa shape index (κ2) is 13.1. The molecule has 3 N–H and O–H groups in total. The highest BCUT2D eigenvalue weighted by Crippen LogP contribution is 2.13. The van der Waals surface area contributed by atoms with Crippen molar-refractivity contribution in [2.75, 3.05) is 6.61 Å². The molecule has 0 aromatic heterocycles. The Morgan fingerprint density at radius 1 is 0.967 bits per heavy atom. The van der Waals surface area contributed by atoms with Gasteiger partial charge in [0.15, 0.2) is 5.11 Å². The molecular weight excluding hydrogens is 398 g/mol. The van der Waals surface area contributed by atoms with E-state index in [2.05, 4.69) is 23.1 Å². The Morgan fingerprint density at radius 2 is 1.70 bits per heavy atom. The van der Waals surface area contributed by atoms with Gasteiger partial charge in [0.1, 0.15) is 5.75 Å². The summed E-state index contributed by atoms with van der Waals surface area (Å²) in [6.45, 7) is 2.84. The lowest BCUT2D eigenvalue weighted by atomic mass is 10.2. The number of unbranched alkanes of at least 4 members (excludes halogenated alkanes) is 3. The first-order valence-corrected chi connectivity index (χ1v) is 10.4. The van der Waals surface area contributed by atoms with Gasteiger partial charge in [0.2, 0.25) is 5.91 Å². The molecule has 0 aliphatic rings. The third-order valence-electron chi connectivity index (χ3n) is 4.14. The molecular formula is C23H27N3O3S. The fourth-order valence-electron chi connectivity index (χ4n) is 2.53. The summed E-state index contributed by atoms with van der Waals surface area (Å²) in [5.74, 6) is -0.0454. The number of carbonyl (C=O) groups is 2. The Bertz CT molecular complexity index is 852. The number of thiocarbonyl (C=S) groups is 1. The number of ether oxygens (including phenoxy) is 1. The molecule has 0 bridgehead atoms. The van der Waals surface area contributed by atoms with Gasteiger partial charge < -0.3 is 4.74 Å². The number of nitrogens with one attached hydrogen (secondary N) is 3. The van der Waals surface area contributed by atoms with Crippen LogP contribution in [0.25, 0.3) is 6.08 Å². The highest BCUT2D eigenvalue weighted by atomic mass is 32.1. The van der Waals surface area contributed by atoms with Crippen LogP contribution in [-0.2, 0) is 4.79 Å². The van der Waals surface area contributed by atoms with Crippen LogP contribution >= 0.6 is 12.2 Å². The Labute approximate surface area is 182 Å². The van der Waals surface area contributed by atoms with E-state index in [-0.39, 0.29) is 11.0 Å². The Balaban J connectivity index is 1.70. The second-order valence-electron chi connectivity index (χ2n) is 6.58. The molecule has 0 saturated carbocycles. The minimum Gasteiger partial charge on any atom is -0.494 e. The summed E-state index contributed by atoms with van der Waals surface area (Å²) in [5, 5.41) is 2.46. The summed E-state index contributed by atoms with van der Waals surface area (Å²) in [5.41, 5.74) is 6.31.